The maximum absolute atomic E-state index is 6.63. The molecular weight excluding hydrogens is 418 g/mol. The quantitative estimate of drug-likeness (QED) is 0.328. The van der Waals surface area contributed by atoms with Gasteiger partial charge < -0.3 is 9.30 Å². The van der Waals surface area contributed by atoms with Crippen LogP contribution in [0.1, 0.15) is 6.92 Å². The Morgan fingerprint density at radius 3 is 2.90 bits per heavy atom. The van der Waals surface area contributed by atoms with E-state index in [1.165, 1.54) is 11.5 Å². The van der Waals surface area contributed by atoms with Crippen molar-refractivity contribution in [3.63, 3.8) is 0 Å². The molecule has 146 valence electrons. The second-order valence-electron chi connectivity index (χ2n) is 6.97. The second kappa shape index (κ2) is 6.55. The van der Waals surface area contributed by atoms with Crippen LogP contribution in [-0.2, 0) is 0 Å². The molecule has 3 aromatic heterocycles. The number of halogens is 1. The number of rotatable bonds is 3. The summed E-state index contributed by atoms with van der Waals surface area (Å²) in [6.45, 7) is 2.04. The predicted molar refractivity (Wildman–Crippen MR) is 121 cm³/mol. The number of nitrogens with zero attached hydrogens (tertiary/aromatic N) is 5. The zero-order valence-electron chi connectivity index (χ0n) is 15.8. The van der Waals surface area contributed by atoms with Crippen molar-refractivity contribution in [3.8, 4) is 11.5 Å². The summed E-state index contributed by atoms with van der Waals surface area (Å²) in [6, 6.07) is 13.6. The molecule has 0 saturated heterocycles. The molecule has 5 aromatic rings. The molecule has 0 saturated carbocycles. The Morgan fingerprint density at radius 1 is 1.07 bits per heavy atom. The third-order valence-electron chi connectivity index (χ3n) is 5.13. The van der Waals surface area contributed by atoms with Gasteiger partial charge in [-0.1, -0.05) is 17.7 Å². The molecule has 0 unspecified atom stereocenters. The van der Waals surface area contributed by atoms with Crippen molar-refractivity contribution in [1.82, 2.24) is 18.9 Å². The molecule has 0 amide bonds. The average molecular weight is 432 g/mol. The van der Waals surface area contributed by atoms with Crippen LogP contribution in [0.4, 0.5) is 11.5 Å². The summed E-state index contributed by atoms with van der Waals surface area (Å²) >= 11 is 8.07. The van der Waals surface area contributed by atoms with Crippen molar-refractivity contribution < 1.29 is 4.74 Å². The standard InChI is InChI=1S/C22H14ClN5OS/c1-13-11-27-8-7-17-21(27)22(25-12-24-17)28(13)14-5-6-19(16(23)9-14)29-18-3-2-4-20-15(18)10-26-30-20/h2-12H,1H3. The molecule has 0 bridgehead atoms. The molecule has 30 heavy (non-hydrogen) atoms. The molecular formula is C22H14ClN5OS. The van der Waals surface area contributed by atoms with Gasteiger partial charge in [0.1, 0.15) is 23.3 Å². The summed E-state index contributed by atoms with van der Waals surface area (Å²) in [5, 5.41) is 1.49. The Hall–Kier alpha value is -3.42. The summed E-state index contributed by atoms with van der Waals surface area (Å²) in [5.74, 6) is 2.15. The van der Waals surface area contributed by atoms with Crippen LogP contribution in [-0.4, -0.2) is 18.9 Å². The van der Waals surface area contributed by atoms with Crippen LogP contribution in [0.3, 0.4) is 0 Å². The largest absolute Gasteiger partial charge is 0.455 e. The first-order valence-electron chi connectivity index (χ1n) is 9.30. The summed E-state index contributed by atoms with van der Waals surface area (Å²) < 4.78 is 13.5. The monoisotopic (exact) mass is 431 g/mol. The van der Waals surface area contributed by atoms with Gasteiger partial charge in [0.2, 0.25) is 0 Å². The number of anilines is 2. The van der Waals surface area contributed by atoms with Crippen LogP contribution >= 0.6 is 23.1 Å². The van der Waals surface area contributed by atoms with Crippen molar-refractivity contribution in [1.29, 1.82) is 0 Å². The van der Waals surface area contributed by atoms with E-state index in [1.807, 2.05) is 66.3 Å². The van der Waals surface area contributed by atoms with E-state index in [2.05, 4.69) is 25.4 Å². The molecule has 0 fully saturated rings. The Bertz CT molecular complexity index is 1470. The lowest BCUT2D eigenvalue weighted by Gasteiger charge is -2.29. The fourth-order valence-corrected chi connectivity index (χ4v) is 4.66. The molecule has 1 aliphatic heterocycles. The van der Waals surface area contributed by atoms with Crippen LogP contribution in [0.15, 0.2) is 66.9 Å². The molecule has 6 rings (SSSR count). The number of benzene rings is 2. The Kier molecular flexibility index (Phi) is 3.81. The summed E-state index contributed by atoms with van der Waals surface area (Å²) in [5.41, 5.74) is 3.80. The van der Waals surface area contributed by atoms with Crippen LogP contribution in [0.25, 0.3) is 27.3 Å². The average Bonchev–Trinajstić information content (AvgIpc) is 3.38. The normalized spacial score (nSPS) is 13.1. The highest BCUT2D eigenvalue weighted by molar-refractivity contribution is 7.13. The van der Waals surface area contributed by atoms with Gasteiger partial charge in [-0.05, 0) is 54.9 Å². The molecule has 0 radical (unpaired) electrons. The zero-order chi connectivity index (χ0) is 20.2. The van der Waals surface area contributed by atoms with E-state index in [-0.39, 0.29) is 0 Å². The molecule has 2 aromatic carbocycles. The van der Waals surface area contributed by atoms with Crippen molar-refractivity contribution in [2.75, 3.05) is 4.90 Å². The van der Waals surface area contributed by atoms with Crippen molar-refractivity contribution in [2.45, 2.75) is 6.92 Å². The van der Waals surface area contributed by atoms with E-state index in [9.17, 15) is 0 Å². The van der Waals surface area contributed by atoms with E-state index < -0.39 is 0 Å². The summed E-state index contributed by atoms with van der Waals surface area (Å²) in [4.78, 5) is 11.0. The van der Waals surface area contributed by atoms with E-state index in [0.29, 0.717) is 10.8 Å². The van der Waals surface area contributed by atoms with Crippen molar-refractivity contribution >= 4 is 62.0 Å². The predicted octanol–water partition coefficient (Wildman–Crippen LogP) is 6.46. The first kappa shape index (κ1) is 17.4. The summed E-state index contributed by atoms with van der Waals surface area (Å²) in [7, 11) is 0. The van der Waals surface area contributed by atoms with Gasteiger partial charge in [-0.3, -0.25) is 4.90 Å². The first-order chi connectivity index (χ1) is 14.7. The number of hydrogen-bond acceptors (Lipinski definition) is 6. The van der Waals surface area contributed by atoms with Crippen molar-refractivity contribution in [3.05, 3.63) is 71.9 Å². The van der Waals surface area contributed by atoms with Crippen LogP contribution in [0, 0.1) is 0 Å². The minimum absolute atomic E-state index is 0.520. The smallest absolute Gasteiger partial charge is 0.165 e. The van der Waals surface area contributed by atoms with Gasteiger partial charge in [-0.25, -0.2) is 9.97 Å². The third-order valence-corrected chi connectivity index (χ3v) is 6.18. The van der Waals surface area contributed by atoms with Crippen LogP contribution in [0.5, 0.6) is 11.5 Å². The van der Waals surface area contributed by atoms with Crippen LogP contribution in [0.2, 0.25) is 5.02 Å². The maximum atomic E-state index is 6.63. The number of ether oxygens (including phenoxy) is 1. The number of hydrogen-bond donors (Lipinski definition) is 0. The van der Waals surface area contributed by atoms with E-state index in [0.717, 1.165) is 44.1 Å². The molecule has 0 spiro atoms. The van der Waals surface area contributed by atoms with Gasteiger partial charge >= 0.3 is 0 Å². The lowest BCUT2D eigenvalue weighted by molar-refractivity contribution is 0.488. The molecule has 8 heteroatoms. The SMILES string of the molecule is CC1=Cn2ccc3ncnc(c32)N1c1ccc(Oc2cccc3sncc23)c(Cl)c1. The molecule has 1 aliphatic rings. The lowest BCUT2D eigenvalue weighted by Crippen LogP contribution is -2.20. The number of fused-ring (bicyclic) bond motifs is 1. The van der Waals surface area contributed by atoms with Crippen LogP contribution < -0.4 is 9.64 Å². The lowest BCUT2D eigenvalue weighted by atomic mass is 10.2. The Labute approximate surface area is 180 Å². The topological polar surface area (TPSA) is 56.1 Å². The van der Waals surface area contributed by atoms with Gasteiger partial charge in [0.15, 0.2) is 5.82 Å². The minimum Gasteiger partial charge on any atom is -0.455 e. The van der Waals surface area contributed by atoms with Gasteiger partial charge in [-0.2, -0.15) is 4.37 Å². The summed E-state index contributed by atoms with van der Waals surface area (Å²) in [6.07, 6.45) is 7.45. The van der Waals surface area contributed by atoms with Gasteiger partial charge in [0.05, 0.1) is 26.8 Å². The minimum atomic E-state index is 0.520. The maximum Gasteiger partial charge on any atom is 0.165 e. The van der Waals surface area contributed by atoms with E-state index in [4.69, 9.17) is 16.3 Å². The Balaban J connectivity index is 1.41. The fourth-order valence-electron chi connectivity index (χ4n) is 3.79. The highest BCUT2D eigenvalue weighted by Gasteiger charge is 2.23. The van der Waals surface area contributed by atoms with Gasteiger partial charge in [-0.15, -0.1) is 0 Å². The van der Waals surface area contributed by atoms with Gasteiger partial charge in [0.25, 0.3) is 0 Å². The number of aromatic nitrogens is 4. The fraction of sp³-hybridized carbons (Fsp3) is 0.0455. The molecule has 6 nitrogen and oxygen atoms in total. The third kappa shape index (κ3) is 2.59. The van der Waals surface area contributed by atoms with Gasteiger partial charge in [0, 0.05) is 23.8 Å². The highest BCUT2D eigenvalue weighted by atomic mass is 35.5. The zero-order valence-corrected chi connectivity index (χ0v) is 17.4. The number of allylic oxidation sites excluding steroid dienone is 1. The molecule has 4 heterocycles. The van der Waals surface area contributed by atoms with E-state index in [1.54, 1.807) is 6.33 Å². The molecule has 0 atom stereocenters. The molecule has 0 N–H and O–H groups in total. The van der Waals surface area contributed by atoms with Crippen molar-refractivity contribution in [2.24, 2.45) is 0 Å². The molecule has 0 aliphatic carbocycles. The highest BCUT2D eigenvalue weighted by Crippen LogP contribution is 2.41. The first-order valence-corrected chi connectivity index (χ1v) is 10.4. The second-order valence-corrected chi connectivity index (χ2v) is 8.21. The van der Waals surface area contributed by atoms with E-state index >= 15 is 0 Å². The Morgan fingerprint density at radius 2 is 2.00 bits per heavy atom.